The second kappa shape index (κ2) is 10.2. The summed E-state index contributed by atoms with van der Waals surface area (Å²) in [4.78, 5) is 0. The van der Waals surface area contributed by atoms with Crippen LogP contribution in [-0.2, 0) is 23.7 Å². The third kappa shape index (κ3) is 12.2. The van der Waals surface area contributed by atoms with Crippen LogP contribution in [0, 0.1) is 0 Å². The van der Waals surface area contributed by atoms with Crippen LogP contribution in [0.1, 0.15) is 32.6 Å². The molecule has 0 fully saturated rings. The number of aryl methyl sites for hydroxylation is 2. The molecule has 0 unspecified atom stereocenters. The molecule has 0 aliphatic carbocycles. The highest BCUT2D eigenvalue weighted by Gasteiger charge is 1.96. The molecule has 5 nitrogen and oxygen atoms in total. The summed E-state index contributed by atoms with van der Waals surface area (Å²) in [6.07, 6.45) is 9.77. The van der Waals surface area contributed by atoms with Crippen molar-refractivity contribution in [1.29, 1.82) is 0 Å². The number of hydrogen-bond acceptors (Lipinski definition) is 3. The zero-order valence-corrected chi connectivity index (χ0v) is 13.2. The topological polar surface area (TPSA) is 66.0 Å². The fourth-order valence-electron chi connectivity index (χ4n) is 1.35. The fraction of sp³-hybridized carbons (Fsp3) is 0.750. The van der Waals surface area contributed by atoms with Gasteiger partial charge in [0.2, 0.25) is 6.33 Å². The van der Waals surface area contributed by atoms with Gasteiger partial charge in [-0.3, -0.25) is 0 Å². The Hall–Kier alpha value is -0.590. The first-order chi connectivity index (χ1) is 8.89. The van der Waals surface area contributed by atoms with Crippen molar-refractivity contribution in [2.45, 2.75) is 39.2 Å². The molecule has 0 amide bonds. The largest absolute Gasteiger partial charge is 0.748 e. The van der Waals surface area contributed by atoms with Crippen LogP contribution in [0.25, 0.3) is 0 Å². The van der Waals surface area contributed by atoms with Crippen molar-refractivity contribution in [1.82, 2.24) is 4.57 Å². The molecule has 0 spiro atoms. The van der Waals surface area contributed by atoms with E-state index in [2.05, 4.69) is 34.8 Å². The number of alkyl halides is 1. The van der Waals surface area contributed by atoms with Crippen LogP contribution in [0.4, 0.5) is 0 Å². The Morgan fingerprint density at radius 1 is 1.32 bits per heavy atom. The summed E-state index contributed by atoms with van der Waals surface area (Å²) in [6.45, 7) is 3.36. The van der Waals surface area contributed by atoms with Crippen LogP contribution < -0.4 is 4.57 Å². The molecule has 19 heavy (non-hydrogen) atoms. The average Bonchev–Trinajstić information content (AvgIpc) is 2.72. The molecule has 0 aliphatic heterocycles. The van der Waals surface area contributed by atoms with Gasteiger partial charge in [0.1, 0.15) is 12.4 Å². The quantitative estimate of drug-likeness (QED) is 0.333. The summed E-state index contributed by atoms with van der Waals surface area (Å²) >= 11 is 5.23. The molecule has 112 valence electrons. The van der Waals surface area contributed by atoms with Gasteiger partial charge in [0.05, 0.1) is 23.7 Å². The number of unbranched alkanes of at least 4 members (excludes halogenated alkanes) is 2. The average molecular weight is 311 g/mol. The Labute approximate surface area is 121 Å². The van der Waals surface area contributed by atoms with E-state index in [1.54, 1.807) is 0 Å². The zero-order chi connectivity index (χ0) is 14.7. The van der Waals surface area contributed by atoms with Gasteiger partial charge in [-0.15, -0.1) is 11.6 Å². The first-order valence-corrected chi connectivity index (χ1v) is 8.50. The molecular formula is C12H23ClN2O3S. The van der Waals surface area contributed by atoms with Crippen LogP contribution in [0.5, 0.6) is 0 Å². The van der Waals surface area contributed by atoms with Crippen LogP contribution in [-0.4, -0.2) is 29.2 Å². The number of hydrogen-bond donors (Lipinski definition) is 0. The van der Waals surface area contributed by atoms with Crippen LogP contribution in [0.2, 0.25) is 0 Å². The molecule has 0 saturated carbocycles. The summed E-state index contributed by atoms with van der Waals surface area (Å²) in [5, 5.41) is 0. The molecule has 0 bridgehead atoms. The van der Waals surface area contributed by atoms with Gasteiger partial charge in [-0.05, 0) is 19.3 Å². The lowest BCUT2D eigenvalue weighted by Crippen LogP contribution is -2.30. The number of imidazole rings is 1. The maximum atomic E-state index is 9.91. The summed E-state index contributed by atoms with van der Waals surface area (Å²) in [6, 6.07) is 0. The number of aromatic nitrogens is 2. The van der Waals surface area contributed by atoms with E-state index in [1.165, 1.54) is 12.8 Å². The maximum absolute atomic E-state index is 9.91. The number of halogens is 1. The van der Waals surface area contributed by atoms with Crippen LogP contribution in [0.3, 0.4) is 0 Å². The predicted molar refractivity (Wildman–Crippen MR) is 75.0 cm³/mol. The summed E-state index contributed by atoms with van der Waals surface area (Å²) in [5.41, 5.74) is 0. The van der Waals surface area contributed by atoms with Gasteiger partial charge in [-0.1, -0.05) is 13.3 Å². The van der Waals surface area contributed by atoms with Gasteiger partial charge >= 0.3 is 0 Å². The molecule has 1 rings (SSSR count). The van der Waals surface area contributed by atoms with Crippen molar-refractivity contribution in [2.75, 3.05) is 11.6 Å². The third-order valence-corrected chi connectivity index (χ3v) is 3.43. The van der Waals surface area contributed by atoms with Crippen LogP contribution >= 0.6 is 11.6 Å². The van der Waals surface area contributed by atoms with Crippen LogP contribution in [0.15, 0.2) is 18.7 Å². The Balaban J connectivity index is 0.000000344. The zero-order valence-electron chi connectivity index (χ0n) is 11.6. The molecule has 0 radical (unpaired) electrons. The first-order valence-electron chi connectivity index (χ1n) is 6.39. The van der Waals surface area contributed by atoms with E-state index in [1.807, 2.05) is 7.05 Å². The lowest BCUT2D eigenvalue weighted by Gasteiger charge is -2.03. The molecule has 7 heteroatoms. The fourth-order valence-corrected chi connectivity index (χ4v) is 2.09. The highest BCUT2D eigenvalue weighted by molar-refractivity contribution is 7.85. The molecule has 0 aromatic carbocycles. The van der Waals surface area contributed by atoms with E-state index in [0.29, 0.717) is 18.7 Å². The second-order valence-electron chi connectivity index (χ2n) is 4.33. The van der Waals surface area contributed by atoms with Crippen molar-refractivity contribution in [3.05, 3.63) is 18.7 Å². The Morgan fingerprint density at radius 3 is 2.42 bits per heavy atom. The third-order valence-electron chi connectivity index (χ3n) is 2.37. The monoisotopic (exact) mass is 310 g/mol. The number of nitrogens with zero attached hydrogens (tertiary/aromatic N) is 2. The lowest BCUT2D eigenvalue weighted by atomic mass is 10.3. The van der Waals surface area contributed by atoms with E-state index in [9.17, 15) is 13.0 Å². The van der Waals surface area contributed by atoms with Crippen molar-refractivity contribution in [3.63, 3.8) is 0 Å². The van der Waals surface area contributed by atoms with E-state index >= 15 is 0 Å². The molecule has 1 aromatic rings. The summed E-state index contributed by atoms with van der Waals surface area (Å²) < 4.78 is 34.0. The second-order valence-corrected chi connectivity index (χ2v) is 6.23. The van der Waals surface area contributed by atoms with E-state index in [4.69, 9.17) is 11.6 Å². The van der Waals surface area contributed by atoms with E-state index in [0.717, 1.165) is 6.54 Å². The van der Waals surface area contributed by atoms with Gasteiger partial charge in [-0.25, -0.2) is 17.6 Å². The van der Waals surface area contributed by atoms with Crippen molar-refractivity contribution >= 4 is 21.7 Å². The SMILES string of the molecule is CCCC[n+]1ccn(C)c1.O=S(=O)([O-])CCCCCl. The molecular weight excluding hydrogens is 288 g/mol. The van der Waals surface area contributed by atoms with E-state index < -0.39 is 10.1 Å². The normalized spacial score (nSPS) is 10.9. The van der Waals surface area contributed by atoms with Gasteiger partial charge in [0.15, 0.2) is 0 Å². The summed E-state index contributed by atoms with van der Waals surface area (Å²) in [5.74, 6) is 0.120. The molecule has 0 saturated heterocycles. The minimum atomic E-state index is -4.01. The van der Waals surface area contributed by atoms with Gasteiger partial charge < -0.3 is 4.55 Å². The van der Waals surface area contributed by atoms with Gasteiger partial charge in [-0.2, -0.15) is 0 Å². The minimum Gasteiger partial charge on any atom is -0.748 e. The van der Waals surface area contributed by atoms with Crippen molar-refractivity contribution in [3.8, 4) is 0 Å². The molecule has 0 atom stereocenters. The first kappa shape index (κ1) is 18.4. The maximum Gasteiger partial charge on any atom is 0.243 e. The molecule has 1 heterocycles. The van der Waals surface area contributed by atoms with Gasteiger partial charge in [0.25, 0.3) is 0 Å². The molecule has 0 aliphatic rings. The number of rotatable bonds is 7. The van der Waals surface area contributed by atoms with Gasteiger partial charge in [0, 0.05) is 11.6 Å². The molecule has 0 N–H and O–H groups in total. The van der Waals surface area contributed by atoms with E-state index in [-0.39, 0.29) is 5.75 Å². The Bertz CT molecular complexity index is 432. The standard InChI is InChI=1S/C8H15N2.C4H9ClO3S/c1-3-4-5-10-7-6-9(2)8-10;5-3-1-2-4-9(6,7)8/h6-8H,3-5H2,1-2H3;1-4H2,(H,6,7,8)/q+1;/p-1. The smallest absolute Gasteiger partial charge is 0.243 e. The minimum absolute atomic E-state index is 0.292. The Kier molecular flexibility index (Phi) is 9.91. The van der Waals surface area contributed by atoms with Crippen molar-refractivity contribution in [2.24, 2.45) is 7.05 Å². The Morgan fingerprint density at radius 2 is 2.00 bits per heavy atom. The van der Waals surface area contributed by atoms with Crippen molar-refractivity contribution < 1.29 is 17.5 Å². The highest BCUT2D eigenvalue weighted by atomic mass is 35.5. The summed E-state index contributed by atoms with van der Waals surface area (Å²) in [7, 11) is -1.96. The predicted octanol–water partition coefficient (Wildman–Crippen LogP) is 1.66. The highest BCUT2D eigenvalue weighted by Crippen LogP contribution is 1.94. The molecule has 1 aromatic heterocycles. The lowest BCUT2D eigenvalue weighted by molar-refractivity contribution is -0.696.